The Morgan fingerprint density at radius 2 is 2.07 bits per heavy atom. The number of carbonyl (C=O) groups excluding carboxylic acids is 1. The zero-order chi connectivity index (χ0) is 10.2. The number of carbonyl (C=O) groups is 1. The van der Waals surface area contributed by atoms with Gasteiger partial charge in [-0.25, -0.2) is 0 Å². The standard InChI is InChI=1S/C12H21O2/c1-2-3-7-10-14-12(13)11-8-5-4-6-9-11/h4,11H,2-3,5-10H2,1H3. The minimum absolute atomic E-state index is 0.0363. The molecule has 0 aromatic carbocycles. The molecular formula is C12H21O2. The van der Waals surface area contributed by atoms with E-state index >= 15 is 0 Å². The predicted molar refractivity (Wildman–Crippen MR) is 56.7 cm³/mol. The Morgan fingerprint density at radius 3 is 2.71 bits per heavy atom. The van der Waals surface area contributed by atoms with Gasteiger partial charge in [-0.05, 0) is 38.5 Å². The maximum atomic E-state index is 11.5. The fourth-order valence-corrected chi connectivity index (χ4v) is 1.81. The van der Waals surface area contributed by atoms with E-state index in [1.165, 1.54) is 6.42 Å². The van der Waals surface area contributed by atoms with Crippen LogP contribution >= 0.6 is 0 Å². The van der Waals surface area contributed by atoms with Crippen LogP contribution in [0.5, 0.6) is 0 Å². The highest BCUT2D eigenvalue weighted by atomic mass is 16.5. The predicted octanol–water partition coefficient (Wildman–Crippen LogP) is 3.11. The van der Waals surface area contributed by atoms with Crippen LogP contribution < -0.4 is 0 Å². The second-order valence-corrected chi connectivity index (χ2v) is 4.01. The highest BCUT2D eigenvalue weighted by molar-refractivity contribution is 5.72. The summed E-state index contributed by atoms with van der Waals surface area (Å²) in [6.07, 6.45) is 9.76. The lowest BCUT2D eigenvalue weighted by atomic mass is 9.89. The van der Waals surface area contributed by atoms with Crippen molar-refractivity contribution in [2.45, 2.75) is 51.9 Å². The summed E-state index contributed by atoms with van der Waals surface area (Å²) in [5.41, 5.74) is 0. The molecule has 1 radical (unpaired) electrons. The average Bonchev–Trinajstić information content (AvgIpc) is 2.25. The quantitative estimate of drug-likeness (QED) is 0.500. The molecule has 0 aromatic rings. The van der Waals surface area contributed by atoms with Gasteiger partial charge in [-0.3, -0.25) is 4.79 Å². The smallest absolute Gasteiger partial charge is 0.308 e. The van der Waals surface area contributed by atoms with Gasteiger partial charge in [0.15, 0.2) is 0 Å². The van der Waals surface area contributed by atoms with Crippen LogP contribution in [0.1, 0.15) is 51.9 Å². The van der Waals surface area contributed by atoms with E-state index in [1.54, 1.807) is 0 Å². The van der Waals surface area contributed by atoms with Crippen LogP contribution in [0, 0.1) is 12.3 Å². The van der Waals surface area contributed by atoms with E-state index in [0.29, 0.717) is 6.61 Å². The summed E-state index contributed by atoms with van der Waals surface area (Å²) in [4.78, 5) is 11.5. The van der Waals surface area contributed by atoms with E-state index in [1.807, 2.05) is 0 Å². The Kier molecular flexibility index (Phi) is 5.65. The third-order valence-electron chi connectivity index (χ3n) is 2.76. The van der Waals surface area contributed by atoms with Crippen molar-refractivity contribution in [2.75, 3.05) is 6.61 Å². The van der Waals surface area contributed by atoms with Crippen molar-refractivity contribution in [1.29, 1.82) is 0 Å². The van der Waals surface area contributed by atoms with E-state index < -0.39 is 0 Å². The van der Waals surface area contributed by atoms with Gasteiger partial charge in [-0.2, -0.15) is 0 Å². The number of hydrogen-bond acceptors (Lipinski definition) is 2. The van der Waals surface area contributed by atoms with Gasteiger partial charge in [-0.1, -0.05) is 19.8 Å². The van der Waals surface area contributed by atoms with Crippen LogP contribution in [0.2, 0.25) is 0 Å². The Balaban J connectivity index is 2.07. The fraction of sp³-hybridized carbons (Fsp3) is 0.833. The highest BCUT2D eigenvalue weighted by Crippen LogP contribution is 2.23. The van der Waals surface area contributed by atoms with E-state index in [0.717, 1.165) is 38.5 Å². The molecule has 0 aromatic heterocycles. The number of esters is 1. The molecule has 1 rings (SSSR count). The third-order valence-corrected chi connectivity index (χ3v) is 2.76. The van der Waals surface area contributed by atoms with Crippen molar-refractivity contribution in [3.05, 3.63) is 6.42 Å². The van der Waals surface area contributed by atoms with Gasteiger partial charge in [0.1, 0.15) is 0 Å². The van der Waals surface area contributed by atoms with Crippen LogP contribution in [-0.4, -0.2) is 12.6 Å². The van der Waals surface area contributed by atoms with Crippen molar-refractivity contribution in [2.24, 2.45) is 5.92 Å². The van der Waals surface area contributed by atoms with Crippen LogP contribution in [0.3, 0.4) is 0 Å². The molecule has 2 heteroatoms. The van der Waals surface area contributed by atoms with Gasteiger partial charge in [-0.15, -0.1) is 0 Å². The minimum atomic E-state index is 0.0363. The van der Waals surface area contributed by atoms with Gasteiger partial charge in [0.25, 0.3) is 0 Å². The molecule has 0 N–H and O–H groups in total. The molecule has 0 aliphatic heterocycles. The van der Waals surface area contributed by atoms with Crippen molar-refractivity contribution in [3.63, 3.8) is 0 Å². The molecule has 0 unspecified atom stereocenters. The molecule has 0 bridgehead atoms. The number of ether oxygens (including phenoxy) is 1. The van der Waals surface area contributed by atoms with E-state index in [9.17, 15) is 4.79 Å². The molecule has 0 amide bonds. The highest BCUT2D eigenvalue weighted by Gasteiger charge is 2.21. The van der Waals surface area contributed by atoms with Crippen LogP contribution in [0.25, 0.3) is 0 Å². The first-order valence-corrected chi connectivity index (χ1v) is 5.83. The Morgan fingerprint density at radius 1 is 1.36 bits per heavy atom. The Bertz CT molecular complexity index is 160. The van der Waals surface area contributed by atoms with Gasteiger partial charge in [0, 0.05) is 0 Å². The number of hydrogen-bond donors (Lipinski definition) is 0. The van der Waals surface area contributed by atoms with Gasteiger partial charge >= 0.3 is 5.97 Å². The molecule has 1 aliphatic carbocycles. The first-order valence-electron chi connectivity index (χ1n) is 5.83. The molecule has 1 aliphatic rings. The van der Waals surface area contributed by atoms with Crippen LogP contribution in [0.4, 0.5) is 0 Å². The molecule has 0 atom stereocenters. The largest absolute Gasteiger partial charge is 0.465 e. The van der Waals surface area contributed by atoms with E-state index in [-0.39, 0.29) is 11.9 Å². The summed E-state index contributed by atoms with van der Waals surface area (Å²) in [5, 5.41) is 0. The first-order chi connectivity index (χ1) is 6.84. The van der Waals surface area contributed by atoms with Gasteiger partial charge in [0.2, 0.25) is 0 Å². The summed E-state index contributed by atoms with van der Waals surface area (Å²) < 4.78 is 5.23. The van der Waals surface area contributed by atoms with Crippen molar-refractivity contribution in [3.8, 4) is 0 Å². The Labute approximate surface area is 87.0 Å². The number of unbranched alkanes of at least 4 members (excludes halogenated alkanes) is 2. The number of rotatable bonds is 5. The molecule has 0 spiro atoms. The third kappa shape index (κ3) is 4.12. The summed E-state index contributed by atoms with van der Waals surface area (Å²) in [6.45, 7) is 2.77. The lowest BCUT2D eigenvalue weighted by molar-refractivity contribution is -0.149. The lowest BCUT2D eigenvalue weighted by Crippen LogP contribution is -2.20. The summed E-state index contributed by atoms with van der Waals surface area (Å²) >= 11 is 0. The van der Waals surface area contributed by atoms with Crippen molar-refractivity contribution < 1.29 is 9.53 Å². The normalized spacial score (nSPS) is 18.1. The molecule has 0 heterocycles. The topological polar surface area (TPSA) is 26.3 Å². The summed E-state index contributed by atoms with van der Waals surface area (Å²) in [5.74, 6) is 0.218. The maximum Gasteiger partial charge on any atom is 0.308 e. The summed E-state index contributed by atoms with van der Waals surface area (Å²) in [7, 11) is 0. The van der Waals surface area contributed by atoms with E-state index in [2.05, 4.69) is 13.3 Å². The van der Waals surface area contributed by atoms with E-state index in [4.69, 9.17) is 4.74 Å². The average molecular weight is 197 g/mol. The van der Waals surface area contributed by atoms with Crippen LogP contribution in [0.15, 0.2) is 0 Å². The molecule has 81 valence electrons. The molecule has 0 saturated heterocycles. The monoisotopic (exact) mass is 197 g/mol. The molecule has 1 saturated carbocycles. The zero-order valence-electron chi connectivity index (χ0n) is 9.13. The minimum Gasteiger partial charge on any atom is -0.465 e. The molecule has 14 heavy (non-hydrogen) atoms. The molecular weight excluding hydrogens is 176 g/mol. The second kappa shape index (κ2) is 6.86. The second-order valence-electron chi connectivity index (χ2n) is 4.01. The van der Waals surface area contributed by atoms with Gasteiger partial charge < -0.3 is 4.74 Å². The fourth-order valence-electron chi connectivity index (χ4n) is 1.81. The first kappa shape index (κ1) is 11.5. The van der Waals surface area contributed by atoms with Crippen molar-refractivity contribution in [1.82, 2.24) is 0 Å². The lowest BCUT2D eigenvalue weighted by Gasteiger charge is -2.19. The van der Waals surface area contributed by atoms with Crippen molar-refractivity contribution >= 4 is 5.97 Å². The molecule has 2 nitrogen and oxygen atoms in total. The van der Waals surface area contributed by atoms with Crippen LogP contribution in [-0.2, 0) is 9.53 Å². The van der Waals surface area contributed by atoms with Gasteiger partial charge in [0.05, 0.1) is 12.5 Å². The SMILES string of the molecule is CCCCCOC(=O)C1CC[CH]CC1. The maximum absolute atomic E-state index is 11.5. The Hall–Kier alpha value is -0.530. The molecule has 1 fully saturated rings. The summed E-state index contributed by atoms with van der Waals surface area (Å²) in [6, 6.07) is 0. The zero-order valence-corrected chi connectivity index (χ0v) is 9.13.